The monoisotopic (exact) mass is 617 g/mol. The number of hydrogen-bond acceptors (Lipinski definition) is 6. The van der Waals surface area contributed by atoms with E-state index in [1.165, 1.54) is 19.4 Å². The molecular formula is C32H29F2N5O4S. The van der Waals surface area contributed by atoms with Gasteiger partial charge in [-0.3, -0.25) is 14.2 Å². The molecule has 0 bridgehead atoms. The number of carbonyl (C=O) groups is 1. The summed E-state index contributed by atoms with van der Waals surface area (Å²) in [5, 5.41) is 5.49. The summed E-state index contributed by atoms with van der Waals surface area (Å²) >= 11 is 0. The molecule has 0 saturated carbocycles. The van der Waals surface area contributed by atoms with Gasteiger partial charge in [0.15, 0.2) is 0 Å². The van der Waals surface area contributed by atoms with Gasteiger partial charge in [0, 0.05) is 54.5 Å². The lowest BCUT2D eigenvalue weighted by Gasteiger charge is -2.26. The van der Waals surface area contributed by atoms with E-state index in [2.05, 4.69) is 14.8 Å². The lowest BCUT2D eigenvalue weighted by atomic mass is 10.0. The first-order valence-corrected chi connectivity index (χ1v) is 15.5. The molecule has 9 nitrogen and oxygen atoms in total. The minimum atomic E-state index is -4.44. The fraction of sp³-hybridized carbons (Fsp3) is 0.219. The predicted molar refractivity (Wildman–Crippen MR) is 163 cm³/mol. The molecule has 12 heteroatoms. The highest BCUT2D eigenvalue weighted by molar-refractivity contribution is 7.92. The Labute approximate surface area is 253 Å². The molecule has 0 unspecified atom stereocenters. The maximum absolute atomic E-state index is 14.3. The van der Waals surface area contributed by atoms with Crippen molar-refractivity contribution in [3.05, 3.63) is 90.1 Å². The number of rotatable bonds is 7. The third-order valence-electron chi connectivity index (χ3n) is 7.69. The van der Waals surface area contributed by atoms with Crippen molar-refractivity contribution >= 4 is 32.5 Å². The van der Waals surface area contributed by atoms with E-state index in [1.807, 2.05) is 54.4 Å². The van der Waals surface area contributed by atoms with Crippen LogP contribution in [-0.4, -0.2) is 54.2 Å². The fourth-order valence-electron chi connectivity index (χ4n) is 5.51. The zero-order valence-corrected chi connectivity index (χ0v) is 24.9. The van der Waals surface area contributed by atoms with Crippen LogP contribution in [0.15, 0.2) is 77.8 Å². The Kier molecular flexibility index (Phi) is 7.76. The van der Waals surface area contributed by atoms with Crippen molar-refractivity contribution in [2.24, 2.45) is 7.05 Å². The van der Waals surface area contributed by atoms with Crippen molar-refractivity contribution in [2.45, 2.75) is 24.2 Å². The van der Waals surface area contributed by atoms with Crippen LogP contribution < -0.4 is 9.46 Å². The molecule has 6 rings (SSSR count). The summed E-state index contributed by atoms with van der Waals surface area (Å²) in [7, 11) is -1.26. The highest BCUT2D eigenvalue weighted by Crippen LogP contribution is 2.35. The van der Waals surface area contributed by atoms with E-state index in [0.717, 1.165) is 66.6 Å². The number of pyridine rings is 1. The van der Waals surface area contributed by atoms with Crippen LogP contribution >= 0.6 is 0 Å². The summed E-state index contributed by atoms with van der Waals surface area (Å²) in [5.74, 6) is -2.11. The highest BCUT2D eigenvalue weighted by Gasteiger charge is 2.23. The number of sulfonamides is 1. The van der Waals surface area contributed by atoms with E-state index in [4.69, 9.17) is 4.74 Å². The van der Waals surface area contributed by atoms with Gasteiger partial charge < -0.3 is 9.64 Å². The number of piperidine rings is 1. The molecule has 0 radical (unpaired) electrons. The summed E-state index contributed by atoms with van der Waals surface area (Å²) in [4.78, 5) is 18.4. The second-order valence-corrected chi connectivity index (χ2v) is 12.2. The second-order valence-electron chi connectivity index (χ2n) is 10.6. The zero-order chi connectivity index (χ0) is 31.0. The normalized spacial score (nSPS) is 13.7. The molecule has 1 aliphatic rings. The van der Waals surface area contributed by atoms with Gasteiger partial charge >= 0.3 is 0 Å². The number of fused-ring (bicyclic) bond motifs is 1. The number of aromatic nitrogens is 3. The van der Waals surface area contributed by atoms with Gasteiger partial charge in [-0.1, -0.05) is 18.2 Å². The summed E-state index contributed by atoms with van der Waals surface area (Å²) in [6.45, 7) is 1.56. The Balaban J connectivity index is 1.34. The van der Waals surface area contributed by atoms with E-state index in [1.54, 1.807) is 4.68 Å². The number of carbonyl (C=O) groups excluding carboxylic acids is 1. The molecule has 3 heterocycles. The third-order valence-corrected chi connectivity index (χ3v) is 9.09. The maximum Gasteiger partial charge on any atom is 0.264 e. The Morgan fingerprint density at radius 1 is 0.909 bits per heavy atom. The number of likely N-dealkylation sites (tertiary alicyclic amines) is 1. The predicted octanol–water partition coefficient (Wildman–Crippen LogP) is 6.02. The average Bonchev–Trinajstić information content (AvgIpc) is 3.35. The van der Waals surface area contributed by atoms with Crippen molar-refractivity contribution in [3.8, 4) is 28.3 Å². The Morgan fingerprint density at radius 2 is 1.64 bits per heavy atom. The number of methoxy groups -OCH3 is 1. The Morgan fingerprint density at radius 3 is 2.34 bits per heavy atom. The summed E-state index contributed by atoms with van der Waals surface area (Å²) in [5.41, 5.74) is 4.36. The van der Waals surface area contributed by atoms with Crippen molar-refractivity contribution in [1.82, 2.24) is 19.7 Å². The molecule has 0 spiro atoms. The summed E-state index contributed by atoms with van der Waals surface area (Å²) < 4.78 is 63.0. The van der Waals surface area contributed by atoms with E-state index < -0.39 is 26.6 Å². The Hall–Kier alpha value is -4.84. The van der Waals surface area contributed by atoms with Gasteiger partial charge in [0.1, 0.15) is 22.2 Å². The minimum Gasteiger partial charge on any atom is -0.480 e. The first-order chi connectivity index (χ1) is 21.1. The average molecular weight is 618 g/mol. The van der Waals surface area contributed by atoms with Crippen LogP contribution in [0.1, 0.15) is 29.6 Å². The number of nitrogens with one attached hydrogen (secondary N) is 1. The molecule has 5 aromatic rings. The smallest absolute Gasteiger partial charge is 0.264 e. The van der Waals surface area contributed by atoms with E-state index >= 15 is 0 Å². The van der Waals surface area contributed by atoms with Crippen LogP contribution in [0, 0.1) is 11.6 Å². The zero-order valence-electron chi connectivity index (χ0n) is 24.0. The van der Waals surface area contributed by atoms with E-state index in [-0.39, 0.29) is 17.5 Å². The second kappa shape index (κ2) is 11.7. The summed E-state index contributed by atoms with van der Waals surface area (Å²) in [6.07, 6.45) is 4.74. The fourth-order valence-corrected chi connectivity index (χ4v) is 6.62. The molecule has 226 valence electrons. The standard InChI is InChI=1S/C32H29F2N5O4S/c1-38-30(20-6-8-21(9-7-20)32(40)39-14-4-3-5-15-39)25-16-22(10-12-27(25)36-38)23-17-28(31(43-2)35-19-23)37-44(41,42)29-13-11-24(33)18-26(29)34/h6-13,16-19,37H,3-5,14-15H2,1-2H3. The molecule has 1 fully saturated rings. The van der Waals surface area contributed by atoms with E-state index in [9.17, 15) is 22.0 Å². The number of aryl methyl sites for hydroxylation is 1. The van der Waals surface area contributed by atoms with Crippen molar-refractivity contribution in [3.63, 3.8) is 0 Å². The number of anilines is 1. The number of benzene rings is 3. The van der Waals surface area contributed by atoms with Gasteiger partial charge in [-0.15, -0.1) is 0 Å². The Bertz CT molecular complexity index is 1990. The van der Waals surface area contributed by atoms with E-state index in [0.29, 0.717) is 22.8 Å². The number of halogens is 2. The molecule has 1 N–H and O–H groups in total. The first-order valence-electron chi connectivity index (χ1n) is 14.0. The lowest BCUT2D eigenvalue weighted by Crippen LogP contribution is -2.35. The van der Waals surface area contributed by atoms with Gasteiger partial charge in [-0.2, -0.15) is 5.10 Å². The van der Waals surface area contributed by atoms with Crippen LogP contribution in [0.3, 0.4) is 0 Å². The van der Waals surface area contributed by atoms with Crippen molar-refractivity contribution in [2.75, 3.05) is 24.9 Å². The minimum absolute atomic E-state index is 0.0193. The first kappa shape index (κ1) is 29.2. The molecule has 1 saturated heterocycles. The largest absolute Gasteiger partial charge is 0.480 e. The van der Waals surface area contributed by atoms with Crippen LogP contribution in [0.5, 0.6) is 5.88 Å². The number of hydrogen-bond donors (Lipinski definition) is 1. The third kappa shape index (κ3) is 5.60. The van der Waals surface area contributed by atoms with Crippen LogP contribution in [-0.2, 0) is 17.1 Å². The van der Waals surface area contributed by atoms with Gasteiger partial charge in [0.2, 0.25) is 5.88 Å². The van der Waals surface area contributed by atoms with Gasteiger partial charge in [0.05, 0.1) is 18.3 Å². The molecule has 1 amide bonds. The van der Waals surface area contributed by atoms with Crippen molar-refractivity contribution < 1.29 is 26.7 Å². The topological polar surface area (TPSA) is 106 Å². The number of amides is 1. The molecule has 44 heavy (non-hydrogen) atoms. The number of nitrogens with zero attached hydrogens (tertiary/aromatic N) is 4. The van der Waals surface area contributed by atoms with Gasteiger partial charge in [0.25, 0.3) is 15.9 Å². The SMILES string of the molecule is COc1ncc(-c2ccc3nn(C)c(-c4ccc(C(=O)N5CCCCC5)cc4)c3c2)cc1NS(=O)(=O)c1ccc(F)cc1F. The quantitative estimate of drug-likeness (QED) is 0.240. The van der Waals surface area contributed by atoms with Crippen LogP contribution in [0.25, 0.3) is 33.3 Å². The number of ether oxygens (including phenoxy) is 1. The van der Waals surface area contributed by atoms with Crippen LogP contribution in [0.2, 0.25) is 0 Å². The maximum atomic E-state index is 14.3. The molecule has 0 atom stereocenters. The lowest BCUT2D eigenvalue weighted by molar-refractivity contribution is 0.0724. The summed E-state index contributed by atoms with van der Waals surface area (Å²) in [6, 6.07) is 16.9. The van der Waals surface area contributed by atoms with Crippen molar-refractivity contribution in [1.29, 1.82) is 0 Å². The molecule has 2 aromatic heterocycles. The highest BCUT2D eigenvalue weighted by atomic mass is 32.2. The molecule has 3 aromatic carbocycles. The van der Waals surface area contributed by atoms with Gasteiger partial charge in [-0.05, 0) is 67.3 Å². The van der Waals surface area contributed by atoms with Crippen LogP contribution in [0.4, 0.5) is 14.5 Å². The molecule has 1 aliphatic heterocycles. The van der Waals surface area contributed by atoms with Gasteiger partial charge in [-0.25, -0.2) is 22.2 Å². The molecular weight excluding hydrogens is 588 g/mol. The molecule has 0 aliphatic carbocycles.